The van der Waals surface area contributed by atoms with Crippen LogP contribution in [0.5, 0.6) is 0 Å². The van der Waals surface area contributed by atoms with Gasteiger partial charge in [-0.15, -0.1) is 0 Å². The van der Waals surface area contributed by atoms with Crippen LogP contribution in [-0.4, -0.2) is 140 Å². The lowest BCUT2D eigenvalue weighted by molar-refractivity contribution is -0.359. The van der Waals surface area contributed by atoms with Gasteiger partial charge in [-0.3, -0.25) is 4.79 Å². The SMILES string of the molecule is CCCCCCCCCC/C=C\CCCCCCCCCCCCCCCCCCCCCCCCCCCCCC(=O)NC(COC1OC(CO)C(OC2OC(CO)C(O)C(O)C2O)C(O)C1O)C(O)CCCCCCCCCCCCCCCCCCCCC. The Labute approximate surface area is 565 Å². The van der Waals surface area contributed by atoms with Gasteiger partial charge in [0.05, 0.1) is 32.0 Å². The quantitative estimate of drug-likeness (QED) is 0.0204. The van der Waals surface area contributed by atoms with Crippen molar-refractivity contribution in [2.24, 2.45) is 0 Å². The number of carbonyl (C=O) groups excluding carboxylic acids is 1. The minimum atomic E-state index is -1.78. The van der Waals surface area contributed by atoms with Crippen LogP contribution in [0.15, 0.2) is 12.2 Å². The number of ether oxygens (including phenoxy) is 4. The van der Waals surface area contributed by atoms with E-state index < -0.39 is 86.8 Å². The summed E-state index contributed by atoms with van der Waals surface area (Å²) in [5.41, 5.74) is 0. The third-order valence-corrected chi connectivity index (χ3v) is 20.0. The first kappa shape index (κ1) is 86.8. The second kappa shape index (κ2) is 63.2. The Morgan fingerprint density at radius 3 is 1.03 bits per heavy atom. The van der Waals surface area contributed by atoms with E-state index in [1.54, 1.807) is 0 Å². The van der Waals surface area contributed by atoms with Crippen LogP contribution in [0.4, 0.5) is 0 Å². The summed E-state index contributed by atoms with van der Waals surface area (Å²) < 4.78 is 23.0. The van der Waals surface area contributed by atoms with Gasteiger partial charge in [-0.25, -0.2) is 0 Å². The fraction of sp³-hybridized carbons (Fsp3) is 0.962. The first-order chi connectivity index (χ1) is 45.1. The summed E-state index contributed by atoms with van der Waals surface area (Å²) in [6, 6.07) is -0.826. The summed E-state index contributed by atoms with van der Waals surface area (Å²) in [6.07, 6.45) is 62.7. The zero-order chi connectivity index (χ0) is 66.6. The highest BCUT2D eigenvalue weighted by Gasteiger charge is 2.51. The molecule has 14 nitrogen and oxygen atoms in total. The van der Waals surface area contributed by atoms with Gasteiger partial charge in [0, 0.05) is 6.42 Å². The molecule has 0 saturated carbocycles. The first-order valence-electron chi connectivity index (χ1n) is 39.9. The fourth-order valence-electron chi connectivity index (χ4n) is 13.7. The van der Waals surface area contributed by atoms with E-state index in [2.05, 4.69) is 31.3 Å². The highest BCUT2D eigenvalue weighted by Crippen LogP contribution is 2.30. The van der Waals surface area contributed by atoms with Crippen LogP contribution in [0, 0.1) is 0 Å². The molecule has 0 aromatic heterocycles. The summed E-state index contributed by atoms with van der Waals surface area (Å²) in [4.78, 5) is 13.4. The summed E-state index contributed by atoms with van der Waals surface area (Å²) >= 11 is 0. The molecule has 0 aromatic carbocycles. The van der Waals surface area contributed by atoms with Crippen molar-refractivity contribution >= 4 is 5.91 Å². The van der Waals surface area contributed by atoms with Gasteiger partial charge in [0.1, 0.15) is 48.8 Å². The molecule has 14 heteroatoms. The number of carbonyl (C=O) groups is 1. The van der Waals surface area contributed by atoms with E-state index in [1.165, 1.54) is 308 Å². The molecular weight excluding hydrogens is 1160 g/mol. The topological polar surface area (TPSA) is 228 Å². The van der Waals surface area contributed by atoms with Crippen LogP contribution in [-0.2, 0) is 23.7 Å². The number of aliphatic hydroxyl groups excluding tert-OH is 8. The molecule has 1 amide bonds. The summed E-state index contributed by atoms with van der Waals surface area (Å²) in [5, 5.41) is 87.7. The largest absolute Gasteiger partial charge is 0.394 e. The third kappa shape index (κ3) is 46.1. The normalized spacial score (nSPS) is 22.6. The maximum absolute atomic E-state index is 13.4. The van der Waals surface area contributed by atoms with Crippen LogP contribution in [0.25, 0.3) is 0 Å². The fourth-order valence-corrected chi connectivity index (χ4v) is 13.7. The first-order valence-corrected chi connectivity index (χ1v) is 39.9. The molecule has 2 aliphatic heterocycles. The standard InChI is InChI=1S/C78H151NO13/c1-3-5-7-9-11-13-15-17-19-21-23-24-25-26-27-28-29-30-31-32-33-34-35-36-37-38-39-40-41-42-44-46-48-50-52-54-56-58-60-62-70(83)79-66(67(82)61-59-57-55-53-51-49-47-45-43-22-20-18-16-14-12-10-8-6-4-2)65-89-77-75(88)73(86)76(69(64-81)91-77)92-78-74(87)72(85)71(84)68(63-80)90-78/h21,23,66-69,71-78,80-82,84-88H,3-20,22,24-65H2,1-2H3,(H,79,83)/b23-21-. The molecular formula is C78H151NO13. The third-order valence-electron chi connectivity index (χ3n) is 20.0. The zero-order valence-corrected chi connectivity index (χ0v) is 59.8. The van der Waals surface area contributed by atoms with Gasteiger partial charge in [-0.1, -0.05) is 353 Å². The Morgan fingerprint density at radius 2 is 0.685 bits per heavy atom. The Morgan fingerprint density at radius 1 is 0.380 bits per heavy atom. The van der Waals surface area contributed by atoms with Crippen LogP contribution in [0.3, 0.4) is 0 Å². The van der Waals surface area contributed by atoms with Crippen molar-refractivity contribution in [3.8, 4) is 0 Å². The van der Waals surface area contributed by atoms with Crippen LogP contribution in [0.1, 0.15) is 386 Å². The van der Waals surface area contributed by atoms with Gasteiger partial charge >= 0.3 is 0 Å². The number of amides is 1. The monoisotopic (exact) mass is 1310 g/mol. The van der Waals surface area contributed by atoms with E-state index >= 15 is 0 Å². The number of aliphatic hydroxyl groups is 8. The highest BCUT2D eigenvalue weighted by atomic mass is 16.7. The van der Waals surface area contributed by atoms with Gasteiger partial charge < -0.3 is 65.1 Å². The van der Waals surface area contributed by atoms with Crippen molar-refractivity contribution in [1.82, 2.24) is 5.32 Å². The van der Waals surface area contributed by atoms with Crippen LogP contribution in [0.2, 0.25) is 0 Å². The van der Waals surface area contributed by atoms with E-state index in [9.17, 15) is 45.6 Å². The molecule has 92 heavy (non-hydrogen) atoms. The number of allylic oxidation sites excluding steroid dienone is 2. The lowest BCUT2D eigenvalue weighted by Crippen LogP contribution is -2.65. The van der Waals surface area contributed by atoms with E-state index in [4.69, 9.17) is 18.9 Å². The minimum absolute atomic E-state index is 0.197. The van der Waals surface area contributed by atoms with Crippen LogP contribution >= 0.6 is 0 Å². The smallest absolute Gasteiger partial charge is 0.220 e. The highest BCUT2D eigenvalue weighted by molar-refractivity contribution is 5.76. The Balaban J connectivity index is 1.55. The van der Waals surface area contributed by atoms with E-state index in [-0.39, 0.29) is 12.5 Å². The minimum Gasteiger partial charge on any atom is -0.394 e. The molecule has 0 aromatic rings. The molecule has 12 atom stereocenters. The van der Waals surface area contributed by atoms with E-state index in [0.29, 0.717) is 12.8 Å². The molecule has 2 aliphatic rings. The molecule has 0 bridgehead atoms. The number of hydrogen-bond acceptors (Lipinski definition) is 13. The average Bonchev–Trinajstić information content (AvgIpc) is 1.05. The Hall–Kier alpha value is -1.27. The van der Waals surface area contributed by atoms with Gasteiger partial charge in [-0.05, 0) is 38.5 Å². The summed E-state index contributed by atoms with van der Waals surface area (Å²) in [6.45, 7) is 2.93. The van der Waals surface area contributed by atoms with Gasteiger partial charge in [0.15, 0.2) is 12.6 Å². The molecule has 0 aliphatic carbocycles. The van der Waals surface area contributed by atoms with Gasteiger partial charge in [-0.2, -0.15) is 0 Å². The molecule has 0 radical (unpaired) electrons. The van der Waals surface area contributed by atoms with Gasteiger partial charge in [0.25, 0.3) is 0 Å². The molecule has 12 unspecified atom stereocenters. The van der Waals surface area contributed by atoms with Crippen molar-refractivity contribution in [2.75, 3.05) is 19.8 Å². The average molecular weight is 1310 g/mol. The maximum atomic E-state index is 13.4. The predicted molar refractivity (Wildman–Crippen MR) is 379 cm³/mol. The molecule has 2 heterocycles. The second-order valence-electron chi connectivity index (χ2n) is 28.6. The van der Waals surface area contributed by atoms with Crippen molar-refractivity contribution < 1.29 is 64.6 Å². The molecule has 2 rings (SSSR count). The van der Waals surface area contributed by atoms with E-state index in [0.717, 1.165) is 51.4 Å². The lowest BCUT2D eigenvalue weighted by Gasteiger charge is -2.46. The lowest BCUT2D eigenvalue weighted by atomic mass is 9.97. The second-order valence-corrected chi connectivity index (χ2v) is 28.6. The number of unbranched alkanes of at least 4 members (excludes halogenated alkanes) is 53. The molecule has 9 N–H and O–H groups in total. The molecule has 546 valence electrons. The molecule has 2 fully saturated rings. The Bertz CT molecular complexity index is 1590. The molecule has 0 spiro atoms. The van der Waals surface area contributed by atoms with Gasteiger partial charge in [0.2, 0.25) is 5.91 Å². The number of nitrogens with one attached hydrogen (secondary N) is 1. The maximum Gasteiger partial charge on any atom is 0.220 e. The van der Waals surface area contributed by atoms with E-state index in [1.807, 2.05) is 0 Å². The van der Waals surface area contributed by atoms with Crippen molar-refractivity contribution in [3.05, 3.63) is 12.2 Å². The van der Waals surface area contributed by atoms with Crippen molar-refractivity contribution in [3.63, 3.8) is 0 Å². The number of rotatable bonds is 68. The van der Waals surface area contributed by atoms with Crippen LogP contribution < -0.4 is 5.32 Å². The number of hydrogen-bond donors (Lipinski definition) is 9. The van der Waals surface area contributed by atoms with Crippen molar-refractivity contribution in [1.29, 1.82) is 0 Å². The summed E-state index contributed by atoms with van der Waals surface area (Å²) in [5.74, 6) is -0.197. The summed E-state index contributed by atoms with van der Waals surface area (Å²) in [7, 11) is 0. The Kier molecular flexibility index (Phi) is 59.6. The van der Waals surface area contributed by atoms with Crippen molar-refractivity contribution in [2.45, 2.75) is 460 Å². The molecule has 2 saturated heterocycles. The predicted octanol–water partition coefficient (Wildman–Crippen LogP) is 17.7. The zero-order valence-electron chi connectivity index (χ0n) is 59.8.